The molecule has 0 aliphatic rings. The molecule has 0 saturated heterocycles. The number of H-pyrrole nitrogens is 1. The van der Waals surface area contributed by atoms with E-state index in [0.29, 0.717) is 10.7 Å². The molecule has 0 atom stereocenters. The van der Waals surface area contributed by atoms with Crippen LogP contribution in [0.25, 0.3) is 11.3 Å². The monoisotopic (exact) mass is 430 g/mol. The van der Waals surface area contributed by atoms with E-state index >= 15 is 0 Å². The van der Waals surface area contributed by atoms with Crippen LogP contribution in [0.15, 0.2) is 30.3 Å². The van der Waals surface area contributed by atoms with E-state index < -0.39 is 11.9 Å². The molecule has 3 rings (SSSR count). The molecule has 148 valence electrons. The molecule has 3 N–H and O–H groups in total. The van der Waals surface area contributed by atoms with Crippen LogP contribution in [0.3, 0.4) is 0 Å². The lowest BCUT2D eigenvalue weighted by molar-refractivity contribution is 0.0447. The Hall–Kier alpha value is -3.35. The van der Waals surface area contributed by atoms with Gasteiger partial charge >= 0.3 is 11.9 Å². The van der Waals surface area contributed by atoms with Gasteiger partial charge in [0.15, 0.2) is 0 Å². The first-order valence-corrected chi connectivity index (χ1v) is 9.60. The van der Waals surface area contributed by atoms with Crippen LogP contribution in [0.4, 0.5) is 5.00 Å². The molecular formula is C19H15ClN4O4S. The quantitative estimate of drug-likeness (QED) is 0.568. The third-order valence-electron chi connectivity index (χ3n) is 3.89. The summed E-state index contributed by atoms with van der Waals surface area (Å²) in [6, 6.07) is 10.4. The molecule has 8 nitrogen and oxygen atoms in total. The summed E-state index contributed by atoms with van der Waals surface area (Å²) < 4.78 is 10.2. The van der Waals surface area contributed by atoms with Crippen LogP contribution >= 0.6 is 22.9 Å². The average Bonchev–Trinajstić information content (AvgIpc) is 3.31. The number of carbonyl (C=O) groups excluding carboxylic acids is 2. The molecule has 0 radical (unpaired) electrons. The van der Waals surface area contributed by atoms with Crippen LogP contribution < -0.4 is 5.73 Å². The van der Waals surface area contributed by atoms with Crippen LogP contribution in [0, 0.1) is 11.3 Å². The highest BCUT2D eigenvalue weighted by atomic mass is 35.5. The van der Waals surface area contributed by atoms with Crippen molar-refractivity contribution >= 4 is 39.9 Å². The number of nitrogen functional groups attached to an aromatic ring is 1. The summed E-state index contributed by atoms with van der Waals surface area (Å²) in [5.41, 5.74) is 7.55. The predicted octanol–water partition coefficient (Wildman–Crippen LogP) is 3.78. The third kappa shape index (κ3) is 4.39. The number of aromatic amines is 1. The van der Waals surface area contributed by atoms with Crippen molar-refractivity contribution < 1.29 is 19.1 Å². The zero-order chi connectivity index (χ0) is 21.0. The topological polar surface area (TPSA) is 131 Å². The zero-order valence-electron chi connectivity index (χ0n) is 15.2. The van der Waals surface area contributed by atoms with Crippen LogP contribution in [0.5, 0.6) is 0 Å². The number of esters is 2. The highest BCUT2D eigenvalue weighted by Crippen LogP contribution is 2.32. The van der Waals surface area contributed by atoms with E-state index in [1.165, 1.54) is 6.07 Å². The van der Waals surface area contributed by atoms with Gasteiger partial charge in [0.25, 0.3) is 0 Å². The molecule has 0 spiro atoms. The lowest BCUT2D eigenvalue weighted by Gasteiger charge is -2.05. The fourth-order valence-corrected chi connectivity index (χ4v) is 3.56. The van der Waals surface area contributed by atoms with E-state index in [9.17, 15) is 14.9 Å². The molecule has 0 bridgehead atoms. The van der Waals surface area contributed by atoms with Crippen LogP contribution in [0.2, 0.25) is 5.02 Å². The highest BCUT2D eigenvalue weighted by Gasteiger charge is 2.24. The second-order valence-electron chi connectivity index (χ2n) is 5.73. The first-order valence-electron chi connectivity index (χ1n) is 8.41. The number of carbonyl (C=O) groups is 2. The number of nitrogens with two attached hydrogens (primary N) is 1. The van der Waals surface area contributed by atoms with Crippen molar-refractivity contribution in [3.8, 4) is 17.3 Å². The van der Waals surface area contributed by atoms with Crippen molar-refractivity contribution in [1.29, 1.82) is 5.26 Å². The maximum Gasteiger partial charge on any atom is 0.356 e. The van der Waals surface area contributed by atoms with Crippen molar-refractivity contribution in [2.75, 3.05) is 12.3 Å². The van der Waals surface area contributed by atoms with Crippen molar-refractivity contribution in [1.82, 2.24) is 10.2 Å². The minimum absolute atomic E-state index is 0.0947. The standard InChI is InChI=1S/C19H15ClN4O4S/c1-2-27-19(26)16-13(12(8-21)17(22)29-16)9-28-18(25)15-7-14(23-24-15)10-3-5-11(20)6-4-10/h3-7H,2,9,22H2,1H3,(H,23,24). The fraction of sp³-hybridized carbons (Fsp3) is 0.158. The minimum Gasteiger partial charge on any atom is -0.462 e. The van der Waals surface area contributed by atoms with E-state index in [0.717, 1.165) is 16.9 Å². The third-order valence-corrected chi connectivity index (χ3v) is 5.19. The number of nitrogens with one attached hydrogen (secondary N) is 1. The number of thiophene rings is 1. The fourth-order valence-electron chi connectivity index (χ4n) is 2.52. The summed E-state index contributed by atoms with van der Waals surface area (Å²) in [6.45, 7) is 1.52. The Bertz CT molecular complexity index is 1100. The minimum atomic E-state index is -0.693. The van der Waals surface area contributed by atoms with Gasteiger partial charge in [0.1, 0.15) is 28.2 Å². The van der Waals surface area contributed by atoms with Crippen LogP contribution in [-0.4, -0.2) is 28.7 Å². The lowest BCUT2D eigenvalue weighted by atomic mass is 10.1. The SMILES string of the molecule is CCOC(=O)c1sc(N)c(C#N)c1COC(=O)c1cc(-c2ccc(Cl)cc2)n[nH]1. The number of anilines is 1. The number of nitrogens with zero attached hydrogens (tertiary/aromatic N) is 2. The summed E-state index contributed by atoms with van der Waals surface area (Å²) in [5.74, 6) is -1.32. The second-order valence-corrected chi connectivity index (χ2v) is 7.22. The molecule has 0 amide bonds. The van der Waals surface area contributed by atoms with Crippen molar-refractivity contribution in [3.63, 3.8) is 0 Å². The number of benzene rings is 1. The van der Waals surface area contributed by atoms with Gasteiger partial charge in [0.2, 0.25) is 0 Å². The summed E-state index contributed by atoms with van der Waals surface area (Å²) in [7, 11) is 0. The van der Waals surface area contributed by atoms with Gasteiger partial charge in [-0.15, -0.1) is 11.3 Å². The van der Waals surface area contributed by atoms with Gasteiger partial charge in [-0.1, -0.05) is 23.7 Å². The van der Waals surface area contributed by atoms with Crippen LogP contribution in [-0.2, 0) is 16.1 Å². The molecular weight excluding hydrogens is 416 g/mol. The first kappa shape index (κ1) is 20.4. The van der Waals surface area contributed by atoms with E-state index in [1.54, 1.807) is 31.2 Å². The Morgan fingerprint density at radius 1 is 1.28 bits per heavy atom. The molecule has 0 fully saturated rings. The van der Waals surface area contributed by atoms with E-state index in [-0.39, 0.29) is 39.9 Å². The van der Waals surface area contributed by atoms with Gasteiger partial charge < -0.3 is 15.2 Å². The van der Waals surface area contributed by atoms with Crippen LogP contribution in [0.1, 0.15) is 38.2 Å². The molecule has 3 aromatic rings. The van der Waals surface area contributed by atoms with E-state index in [4.69, 9.17) is 26.8 Å². The number of nitriles is 1. The molecule has 1 aromatic carbocycles. The number of rotatable bonds is 6. The Morgan fingerprint density at radius 2 is 2.00 bits per heavy atom. The molecule has 2 aromatic heterocycles. The number of ether oxygens (including phenoxy) is 2. The smallest absolute Gasteiger partial charge is 0.356 e. The van der Waals surface area contributed by atoms with Gasteiger partial charge in [0.05, 0.1) is 17.9 Å². The normalized spacial score (nSPS) is 10.4. The maximum atomic E-state index is 12.4. The Kier molecular flexibility index (Phi) is 6.16. The number of aromatic nitrogens is 2. The number of hydrogen-bond acceptors (Lipinski definition) is 8. The summed E-state index contributed by atoms with van der Waals surface area (Å²) in [6.07, 6.45) is 0. The van der Waals surface area contributed by atoms with Crippen molar-refractivity contribution in [3.05, 3.63) is 57.1 Å². The van der Waals surface area contributed by atoms with E-state index in [1.807, 2.05) is 6.07 Å². The molecule has 10 heteroatoms. The number of hydrogen-bond donors (Lipinski definition) is 2. The lowest BCUT2D eigenvalue weighted by Crippen LogP contribution is -2.10. The van der Waals surface area contributed by atoms with Gasteiger partial charge in [-0.25, -0.2) is 9.59 Å². The molecule has 0 aliphatic heterocycles. The molecule has 0 aliphatic carbocycles. The largest absolute Gasteiger partial charge is 0.462 e. The summed E-state index contributed by atoms with van der Waals surface area (Å²) in [5, 5.41) is 16.8. The van der Waals surface area contributed by atoms with E-state index in [2.05, 4.69) is 10.2 Å². The Labute approximate surface area is 174 Å². The van der Waals surface area contributed by atoms with Crippen molar-refractivity contribution in [2.45, 2.75) is 13.5 Å². The Balaban J connectivity index is 1.77. The van der Waals surface area contributed by atoms with Crippen molar-refractivity contribution in [2.24, 2.45) is 0 Å². The second kappa shape index (κ2) is 8.77. The Morgan fingerprint density at radius 3 is 2.66 bits per heavy atom. The molecule has 0 unspecified atom stereocenters. The van der Waals surface area contributed by atoms with Gasteiger partial charge in [-0.3, -0.25) is 5.10 Å². The molecule has 29 heavy (non-hydrogen) atoms. The predicted molar refractivity (Wildman–Crippen MR) is 108 cm³/mol. The summed E-state index contributed by atoms with van der Waals surface area (Å²) >= 11 is 6.79. The van der Waals surface area contributed by atoms with Gasteiger partial charge in [-0.2, -0.15) is 10.4 Å². The first-order chi connectivity index (χ1) is 13.9. The highest BCUT2D eigenvalue weighted by molar-refractivity contribution is 7.18. The maximum absolute atomic E-state index is 12.4. The van der Waals surface area contributed by atoms with Gasteiger partial charge in [-0.05, 0) is 25.1 Å². The number of halogens is 1. The van der Waals surface area contributed by atoms with Gasteiger partial charge in [0, 0.05) is 16.1 Å². The molecule has 0 saturated carbocycles. The average molecular weight is 431 g/mol. The zero-order valence-corrected chi connectivity index (χ0v) is 16.8. The molecule has 2 heterocycles. The summed E-state index contributed by atoms with van der Waals surface area (Å²) in [4.78, 5) is 24.6.